The lowest BCUT2D eigenvalue weighted by Gasteiger charge is -2.36. The lowest BCUT2D eigenvalue weighted by molar-refractivity contribution is -0.135. The largest absolute Gasteiger partial charge is 0.472 e. The molecule has 30 heavy (non-hydrogen) atoms. The van der Waals surface area contributed by atoms with Crippen molar-refractivity contribution in [2.24, 2.45) is 0 Å². The minimum absolute atomic E-state index is 0.0922. The van der Waals surface area contributed by atoms with E-state index in [1.807, 2.05) is 17.9 Å². The fourth-order valence-electron chi connectivity index (χ4n) is 4.53. The van der Waals surface area contributed by atoms with Crippen LogP contribution in [0.15, 0.2) is 12.3 Å². The number of carboxylic acid groups (broad SMARTS) is 1. The Hall–Kier alpha value is -1.62. The Labute approximate surface area is 190 Å². The maximum Gasteiger partial charge on any atom is 0.408 e. The van der Waals surface area contributed by atoms with E-state index in [0.717, 1.165) is 28.6 Å². The van der Waals surface area contributed by atoms with Crippen molar-refractivity contribution in [2.75, 3.05) is 32.7 Å². The summed E-state index contributed by atoms with van der Waals surface area (Å²) in [4.78, 5) is 35.0. The van der Waals surface area contributed by atoms with Crippen LogP contribution in [0, 0.1) is 10.5 Å². The van der Waals surface area contributed by atoms with Crippen LogP contribution in [0.1, 0.15) is 37.7 Å². The minimum Gasteiger partial charge on any atom is -0.472 e. The summed E-state index contributed by atoms with van der Waals surface area (Å²) >= 11 is 2.22. The molecular formula is C21H29IN4O4. The van der Waals surface area contributed by atoms with Crippen molar-refractivity contribution in [1.82, 2.24) is 19.7 Å². The van der Waals surface area contributed by atoms with E-state index in [9.17, 15) is 14.7 Å². The molecule has 2 amide bonds. The van der Waals surface area contributed by atoms with E-state index in [0.29, 0.717) is 31.4 Å². The Morgan fingerprint density at radius 1 is 1.20 bits per heavy atom. The molecule has 3 aliphatic rings. The molecule has 1 aliphatic carbocycles. The van der Waals surface area contributed by atoms with Gasteiger partial charge in [0.05, 0.1) is 6.54 Å². The number of hydrogen-bond acceptors (Lipinski definition) is 5. The van der Waals surface area contributed by atoms with Crippen molar-refractivity contribution >= 4 is 34.6 Å². The smallest absolute Gasteiger partial charge is 0.408 e. The van der Waals surface area contributed by atoms with Gasteiger partial charge in [-0.15, -0.1) is 0 Å². The third kappa shape index (κ3) is 4.66. The van der Waals surface area contributed by atoms with Gasteiger partial charge in [0.1, 0.15) is 12.1 Å². The number of carbonyl (C=O) groups excluding carboxylic acids is 1. The van der Waals surface area contributed by atoms with Gasteiger partial charge in [-0.25, -0.2) is 9.78 Å². The standard InChI is InChI=1S/C21H29IN4O4/c1-14-12-23-19(11-17(14)22)30-16-10-18(26(13-16)21(28)29)20(27)25-7-3-6-24(8-9-25)15-4-2-5-15/h11-12,15-16,18H,2-10,13H2,1H3,(H,28,29)/t16-,18+/m0/s1. The number of nitrogens with zero attached hydrogens (tertiary/aromatic N) is 4. The van der Waals surface area contributed by atoms with Gasteiger partial charge in [-0.05, 0) is 54.3 Å². The van der Waals surface area contributed by atoms with Crippen LogP contribution in [0.4, 0.5) is 4.79 Å². The lowest BCUT2D eigenvalue weighted by atomic mass is 9.91. The molecule has 1 aromatic heterocycles. The van der Waals surface area contributed by atoms with E-state index in [1.54, 1.807) is 6.20 Å². The van der Waals surface area contributed by atoms with Crippen LogP contribution in [0.2, 0.25) is 0 Å². The van der Waals surface area contributed by atoms with Crippen LogP contribution >= 0.6 is 22.6 Å². The van der Waals surface area contributed by atoms with E-state index in [1.165, 1.54) is 24.2 Å². The van der Waals surface area contributed by atoms with E-state index < -0.39 is 12.1 Å². The quantitative estimate of drug-likeness (QED) is 0.605. The van der Waals surface area contributed by atoms with E-state index in [-0.39, 0.29) is 18.6 Å². The number of halogens is 1. The molecular weight excluding hydrogens is 499 g/mol. The van der Waals surface area contributed by atoms with Crippen LogP contribution < -0.4 is 4.74 Å². The van der Waals surface area contributed by atoms with Gasteiger partial charge in [0.15, 0.2) is 0 Å². The van der Waals surface area contributed by atoms with Crippen LogP contribution in [0.3, 0.4) is 0 Å². The zero-order chi connectivity index (χ0) is 21.3. The van der Waals surface area contributed by atoms with E-state index >= 15 is 0 Å². The Balaban J connectivity index is 1.40. The summed E-state index contributed by atoms with van der Waals surface area (Å²) < 4.78 is 7.00. The van der Waals surface area contributed by atoms with Crippen LogP contribution in [0.5, 0.6) is 5.88 Å². The van der Waals surface area contributed by atoms with Crippen molar-refractivity contribution in [2.45, 2.75) is 57.2 Å². The highest BCUT2D eigenvalue weighted by Crippen LogP contribution is 2.28. The van der Waals surface area contributed by atoms with Gasteiger partial charge in [-0.3, -0.25) is 14.6 Å². The Morgan fingerprint density at radius 3 is 2.67 bits per heavy atom. The molecule has 164 valence electrons. The number of rotatable bonds is 4. The van der Waals surface area contributed by atoms with Crippen molar-refractivity contribution in [3.63, 3.8) is 0 Å². The molecule has 2 saturated heterocycles. The first kappa shape index (κ1) is 21.6. The fourth-order valence-corrected chi connectivity index (χ4v) is 4.94. The Kier molecular flexibility index (Phi) is 6.66. The number of pyridine rings is 1. The second-order valence-electron chi connectivity index (χ2n) is 8.50. The lowest BCUT2D eigenvalue weighted by Crippen LogP contribution is -2.49. The maximum absolute atomic E-state index is 13.3. The van der Waals surface area contributed by atoms with Crippen molar-refractivity contribution in [3.8, 4) is 5.88 Å². The first-order chi connectivity index (χ1) is 14.4. The third-order valence-electron chi connectivity index (χ3n) is 6.53. The summed E-state index contributed by atoms with van der Waals surface area (Å²) in [6, 6.07) is 1.83. The molecule has 2 aliphatic heterocycles. The highest BCUT2D eigenvalue weighted by atomic mass is 127. The molecule has 3 heterocycles. The van der Waals surface area contributed by atoms with Gasteiger partial charge in [0.2, 0.25) is 11.8 Å². The number of likely N-dealkylation sites (tertiary alicyclic amines) is 1. The predicted molar refractivity (Wildman–Crippen MR) is 120 cm³/mol. The molecule has 0 bridgehead atoms. The molecule has 2 atom stereocenters. The fraction of sp³-hybridized carbons (Fsp3) is 0.667. The number of hydrogen-bond donors (Lipinski definition) is 1. The molecule has 8 nitrogen and oxygen atoms in total. The molecule has 1 saturated carbocycles. The first-order valence-corrected chi connectivity index (χ1v) is 11.8. The Bertz CT molecular complexity index is 803. The average molecular weight is 528 g/mol. The summed E-state index contributed by atoms with van der Waals surface area (Å²) in [6.07, 6.45) is 5.41. The van der Waals surface area contributed by atoms with Gasteiger partial charge in [-0.1, -0.05) is 6.42 Å². The van der Waals surface area contributed by atoms with Gasteiger partial charge in [-0.2, -0.15) is 0 Å². The molecule has 9 heteroatoms. The molecule has 0 unspecified atom stereocenters. The number of carbonyl (C=O) groups is 2. The van der Waals surface area contributed by atoms with E-state index in [4.69, 9.17) is 4.74 Å². The van der Waals surface area contributed by atoms with Gasteiger partial charge >= 0.3 is 6.09 Å². The molecule has 0 radical (unpaired) electrons. The number of amides is 2. The van der Waals surface area contributed by atoms with Crippen molar-refractivity contribution < 1.29 is 19.4 Å². The zero-order valence-electron chi connectivity index (χ0n) is 17.3. The molecule has 0 spiro atoms. The monoisotopic (exact) mass is 528 g/mol. The van der Waals surface area contributed by atoms with Gasteiger partial charge in [0, 0.05) is 54.5 Å². The summed E-state index contributed by atoms with van der Waals surface area (Å²) in [5.41, 5.74) is 1.06. The van der Waals surface area contributed by atoms with E-state index in [2.05, 4.69) is 32.5 Å². The maximum atomic E-state index is 13.3. The Morgan fingerprint density at radius 2 is 2.00 bits per heavy atom. The van der Waals surface area contributed by atoms with Crippen molar-refractivity contribution in [3.05, 3.63) is 21.4 Å². The predicted octanol–water partition coefficient (Wildman–Crippen LogP) is 2.58. The highest BCUT2D eigenvalue weighted by molar-refractivity contribution is 14.1. The minimum atomic E-state index is -1.07. The summed E-state index contributed by atoms with van der Waals surface area (Å²) in [5.74, 6) is 0.379. The molecule has 4 rings (SSSR count). The average Bonchev–Trinajstić information content (AvgIpc) is 2.94. The SMILES string of the molecule is Cc1cnc(O[C@H]2C[C@H](C(=O)N3CCCN(C4CCC4)CC3)N(C(=O)O)C2)cc1I. The van der Waals surface area contributed by atoms with Crippen LogP contribution in [-0.2, 0) is 4.79 Å². The highest BCUT2D eigenvalue weighted by Gasteiger charge is 2.43. The normalized spacial score (nSPS) is 25.7. The van der Waals surface area contributed by atoms with Crippen molar-refractivity contribution in [1.29, 1.82) is 0 Å². The second kappa shape index (κ2) is 9.25. The molecule has 1 N–H and O–H groups in total. The van der Waals surface area contributed by atoms with Gasteiger partial charge in [0.25, 0.3) is 0 Å². The third-order valence-corrected chi connectivity index (χ3v) is 7.69. The number of aryl methyl sites for hydroxylation is 1. The van der Waals surface area contributed by atoms with Crippen LogP contribution in [-0.4, -0.2) is 87.7 Å². The number of ether oxygens (including phenoxy) is 1. The van der Waals surface area contributed by atoms with Crippen LogP contribution in [0.25, 0.3) is 0 Å². The molecule has 0 aromatic carbocycles. The molecule has 3 fully saturated rings. The topological polar surface area (TPSA) is 86.2 Å². The number of aromatic nitrogens is 1. The second-order valence-corrected chi connectivity index (χ2v) is 9.66. The zero-order valence-corrected chi connectivity index (χ0v) is 19.5. The summed E-state index contributed by atoms with van der Waals surface area (Å²) in [7, 11) is 0. The summed E-state index contributed by atoms with van der Waals surface area (Å²) in [5, 5.41) is 9.68. The first-order valence-electron chi connectivity index (χ1n) is 10.7. The van der Waals surface area contributed by atoms with Gasteiger partial charge < -0.3 is 14.7 Å². The summed E-state index contributed by atoms with van der Waals surface area (Å²) in [6.45, 7) is 5.41. The molecule has 1 aromatic rings.